The molecule has 4 rings (SSSR count). The first-order valence-corrected chi connectivity index (χ1v) is 8.03. The Balaban J connectivity index is 1.69. The van der Waals surface area contributed by atoms with Crippen molar-refractivity contribution in [3.05, 3.63) is 59.9 Å². The van der Waals surface area contributed by atoms with E-state index in [4.69, 9.17) is 4.74 Å². The molecule has 7 nitrogen and oxygen atoms in total. The number of aromatic nitrogens is 6. The Morgan fingerprint density at radius 2 is 1.85 bits per heavy atom. The lowest BCUT2D eigenvalue weighted by Gasteiger charge is -2.00. The third kappa shape index (κ3) is 2.89. The Hall–Kier alpha value is -3.66. The van der Waals surface area contributed by atoms with Gasteiger partial charge in [0.05, 0.1) is 12.8 Å². The van der Waals surface area contributed by atoms with Gasteiger partial charge >= 0.3 is 0 Å². The molecule has 128 valence electrons. The standard InChI is InChI=1S/C19H16N6O/c1-13-11-18(26-3)22-19-21-16(23-25(13)19)9-10-17-20-15(12-24(17)2)14-7-5-4-6-8-14/h4-8,11-12H,1-3H3. The van der Waals surface area contributed by atoms with Gasteiger partial charge in [0.15, 0.2) is 5.82 Å². The molecular formula is C19H16N6O. The molecular weight excluding hydrogens is 328 g/mol. The average Bonchev–Trinajstić information content (AvgIpc) is 3.24. The fraction of sp³-hybridized carbons (Fsp3) is 0.158. The number of fused-ring (bicyclic) bond motifs is 1. The van der Waals surface area contributed by atoms with Crippen molar-refractivity contribution in [1.29, 1.82) is 0 Å². The average molecular weight is 344 g/mol. The number of hydrogen-bond donors (Lipinski definition) is 0. The lowest BCUT2D eigenvalue weighted by Crippen LogP contribution is -1.98. The maximum Gasteiger partial charge on any atom is 0.256 e. The fourth-order valence-electron chi connectivity index (χ4n) is 2.58. The number of rotatable bonds is 2. The number of hydrogen-bond acceptors (Lipinski definition) is 5. The molecule has 0 unspecified atom stereocenters. The van der Waals surface area contributed by atoms with Crippen molar-refractivity contribution in [2.45, 2.75) is 6.92 Å². The summed E-state index contributed by atoms with van der Waals surface area (Å²) in [7, 11) is 3.48. The van der Waals surface area contributed by atoms with E-state index < -0.39 is 0 Å². The molecule has 0 spiro atoms. The predicted molar refractivity (Wildman–Crippen MR) is 96.7 cm³/mol. The number of benzene rings is 1. The molecule has 3 aromatic heterocycles. The predicted octanol–water partition coefficient (Wildman–Crippen LogP) is 2.24. The highest BCUT2D eigenvalue weighted by Crippen LogP contribution is 2.17. The van der Waals surface area contributed by atoms with E-state index >= 15 is 0 Å². The van der Waals surface area contributed by atoms with E-state index in [9.17, 15) is 0 Å². The highest BCUT2D eigenvalue weighted by molar-refractivity contribution is 5.59. The Kier molecular flexibility index (Phi) is 3.86. The Morgan fingerprint density at radius 1 is 1.04 bits per heavy atom. The molecule has 3 heterocycles. The first kappa shape index (κ1) is 15.8. The summed E-state index contributed by atoms with van der Waals surface area (Å²) in [5.41, 5.74) is 2.80. The highest BCUT2D eigenvalue weighted by atomic mass is 16.5. The van der Waals surface area contributed by atoms with E-state index in [1.807, 2.05) is 55.1 Å². The van der Waals surface area contributed by atoms with Crippen LogP contribution in [0.4, 0.5) is 0 Å². The molecule has 7 heteroatoms. The van der Waals surface area contributed by atoms with E-state index in [2.05, 4.69) is 31.9 Å². The van der Waals surface area contributed by atoms with Crippen LogP contribution in [0.1, 0.15) is 17.3 Å². The molecule has 4 aromatic rings. The van der Waals surface area contributed by atoms with E-state index in [-0.39, 0.29) is 0 Å². The van der Waals surface area contributed by atoms with Crippen LogP contribution in [-0.4, -0.2) is 36.2 Å². The van der Waals surface area contributed by atoms with Gasteiger partial charge in [-0.05, 0) is 18.8 Å². The first-order chi connectivity index (χ1) is 12.6. The van der Waals surface area contributed by atoms with Crippen molar-refractivity contribution in [1.82, 2.24) is 29.1 Å². The van der Waals surface area contributed by atoms with Crippen molar-refractivity contribution in [2.24, 2.45) is 7.05 Å². The van der Waals surface area contributed by atoms with Gasteiger partial charge in [0.25, 0.3) is 5.78 Å². The van der Waals surface area contributed by atoms with Gasteiger partial charge in [-0.25, -0.2) is 9.50 Å². The largest absolute Gasteiger partial charge is 0.481 e. The van der Waals surface area contributed by atoms with Gasteiger partial charge in [-0.3, -0.25) is 0 Å². The van der Waals surface area contributed by atoms with Crippen molar-refractivity contribution in [3.8, 4) is 29.0 Å². The molecule has 0 aliphatic rings. The van der Waals surface area contributed by atoms with Crippen LogP contribution < -0.4 is 4.74 Å². The molecule has 0 bridgehead atoms. The molecule has 0 radical (unpaired) electrons. The first-order valence-electron chi connectivity index (χ1n) is 8.03. The van der Waals surface area contributed by atoms with Gasteiger partial charge in [0.2, 0.25) is 11.7 Å². The second kappa shape index (κ2) is 6.33. The topological polar surface area (TPSA) is 70.1 Å². The van der Waals surface area contributed by atoms with Crippen LogP contribution in [-0.2, 0) is 7.05 Å². The smallest absolute Gasteiger partial charge is 0.256 e. The SMILES string of the molecule is COc1cc(C)n2nc(C#Cc3nc(-c4ccccc4)cn3C)nc2n1. The zero-order valence-electron chi connectivity index (χ0n) is 14.6. The van der Waals surface area contributed by atoms with Gasteiger partial charge in [0, 0.05) is 30.6 Å². The molecule has 0 aliphatic heterocycles. The number of ether oxygens (including phenoxy) is 1. The summed E-state index contributed by atoms with van der Waals surface area (Å²) in [5, 5.41) is 4.37. The molecule has 26 heavy (non-hydrogen) atoms. The zero-order valence-corrected chi connectivity index (χ0v) is 14.6. The maximum absolute atomic E-state index is 5.16. The lowest BCUT2D eigenvalue weighted by molar-refractivity contribution is 0.397. The number of aryl methyl sites for hydroxylation is 2. The van der Waals surface area contributed by atoms with Gasteiger partial charge in [-0.2, -0.15) is 9.97 Å². The normalized spacial score (nSPS) is 10.6. The Bertz CT molecular complexity index is 1150. The van der Waals surface area contributed by atoms with Crippen LogP contribution in [0.5, 0.6) is 5.88 Å². The van der Waals surface area contributed by atoms with Crippen LogP contribution in [0.2, 0.25) is 0 Å². The highest BCUT2D eigenvalue weighted by Gasteiger charge is 2.08. The summed E-state index contributed by atoms with van der Waals surface area (Å²) in [6, 6.07) is 11.8. The lowest BCUT2D eigenvalue weighted by atomic mass is 10.2. The zero-order chi connectivity index (χ0) is 18.1. The summed E-state index contributed by atoms with van der Waals surface area (Å²) < 4.78 is 8.69. The van der Waals surface area contributed by atoms with Gasteiger partial charge in [0.1, 0.15) is 0 Å². The number of nitrogens with zero attached hydrogens (tertiary/aromatic N) is 6. The van der Waals surface area contributed by atoms with E-state index in [1.54, 1.807) is 17.7 Å². The quantitative estimate of drug-likeness (QED) is 0.522. The van der Waals surface area contributed by atoms with Gasteiger partial charge < -0.3 is 9.30 Å². The van der Waals surface area contributed by atoms with E-state index in [0.717, 1.165) is 17.0 Å². The van der Waals surface area contributed by atoms with Gasteiger partial charge in [-0.1, -0.05) is 30.3 Å². The minimum absolute atomic E-state index is 0.387. The summed E-state index contributed by atoms with van der Waals surface area (Å²) in [5.74, 6) is 7.98. The molecule has 0 atom stereocenters. The minimum Gasteiger partial charge on any atom is -0.481 e. The third-order valence-corrected chi connectivity index (χ3v) is 3.91. The van der Waals surface area contributed by atoms with Crippen molar-refractivity contribution >= 4 is 5.78 Å². The van der Waals surface area contributed by atoms with Crippen LogP contribution in [0, 0.1) is 18.8 Å². The molecule has 0 aliphatic carbocycles. The van der Waals surface area contributed by atoms with Crippen molar-refractivity contribution in [3.63, 3.8) is 0 Å². The molecule has 0 amide bonds. The van der Waals surface area contributed by atoms with Crippen LogP contribution >= 0.6 is 0 Å². The fourth-order valence-corrected chi connectivity index (χ4v) is 2.58. The molecule has 0 N–H and O–H groups in total. The minimum atomic E-state index is 0.387. The van der Waals surface area contributed by atoms with Crippen molar-refractivity contribution in [2.75, 3.05) is 7.11 Å². The molecule has 0 fully saturated rings. The van der Waals surface area contributed by atoms with Crippen molar-refractivity contribution < 1.29 is 4.74 Å². The van der Waals surface area contributed by atoms with E-state index in [0.29, 0.717) is 23.3 Å². The van der Waals surface area contributed by atoms with Gasteiger partial charge in [-0.15, -0.1) is 5.10 Å². The number of methoxy groups -OCH3 is 1. The summed E-state index contributed by atoms with van der Waals surface area (Å²) >= 11 is 0. The maximum atomic E-state index is 5.16. The summed E-state index contributed by atoms with van der Waals surface area (Å²) in [6.07, 6.45) is 1.95. The van der Waals surface area contributed by atoms with Crippen LogP contribution in [0.15, 0.2) is 42.6 Å². The number of imidazole rings is 1. The summed E-state index contributed by atoms with van der Waals surface area (Å²) in [4.78, 5) is 13.2. The van der Waals surface area contributed by atoms with Crippen LogP contribution in [0.3, 0.4) is 0 Å². The molecule has 1 aromatic carbocycles. The monoisotopic (exact) mass is 344 g/mol. The summed E-state index contributed by atoms with van der Waals surface area (Å²) in [6.45, 7) is 1.91. The second-order valence-corrected chi connectivity index (χ2v) is 5.76. The molecule has 0 saturated carbocycles. The third-order valence-electron chi connectivity index (χ3n) is 3.91. The molecule has 0 saturated heterocycles. The Morgan fingerprint density at radius 3 is 2.62 bits per heavy atom. The Labute approximate surface area is 150 Å². The van der Waals surface area contributed by atoms with E-state index in [1.165, 1.54) is 0 Å². The van der Waals surface area contributed by atoms with Crippen LogP contribution in [0.25, 0.3) is 17.0 Å². The second-order valence-electron chi connectivity index (χ2n) is 5.76.